The van der Waals surface area contributed by atoms with Gasteiger partial charge in [-0.25, -0.2) is 8.42 Å². The van der Waals surface area contributed by atoms with Crippen molar-refractivity contribution < 1.29 is 57.8 Å². The number of carbonyl (C=O) groups is 1. The molecule has 24 heteroatoms. The van der Waals surface area contributed by atoms with Gasteiger partial charge in [0.15, 0.2) is 9.84 Å². The number of ether oxygens (including phenoxy) is 3. The van der Waals surface area contributed by atoms with Crippen LogP contribution < -0.4 is 19.5 Å². The van der Waals surface area contributed by atoms with Gasteiger partial charge in [-0.2, -0.15) is 16.8 Å². The highest BCUT2D eigenvalue weighted by Gasteiger charge is 2.36. The van der Waals surface area contributed by atoms with E-state index >= 15 is 0 Å². The van der Waals surface area contributed by atoms with Crippen molar-refractivity contribution in [2.45, 2.75) is 48.8 Å². The number of aromatic nitrogens is 4. The summed E-state index contributed by atoms with van der Waals surface area (Å²) in [7, 11) is -12.6. The summed E-state index contributed by atoms with van der Waals surface area (Å²) in [6.45, 7) is -1.51. The molecular weight excluding hydrogens is 963 g/mol. The summed E-state index contributed by atoms with van der Waals surface area (Å²) >= 11 is 10.4. The van der Waals surface area contributed by atoms with E-state index in [-0.39, 0.29) is 47.8 Å². The number of alkyl halides is 1. The van der Waals surface area contributed by atoms with Crippen molar-refractivity contribution in [3.05, 3.63) is 111 Å². The molecule has 2 aromatic heterocycles. The zero-order valence-electron chi connectivity index (χ0n) is 33.0. The number of halogens is 3. The Morgan fingerprint density at radius 3 is 2.37 bits per heavy atom. The van der Waals surface area contributed by atoms with Crippen LogP contribution in [0.3, 0.4) is 0 Å². The number of carbonyl (C=O) groups excluding carboxylic acids is 1. The Kier molecular flexibility index (Phi) is 16.4. The number of amides is 1. The lowest BCUT2D eigenvalue weighted by Crippen LogP contribution is -2.44. The Morgan fingerprint density at radius 1 is 0.935 bits per heavy atom. The second-order valence-electron chi connectivity index (χ2n) is 13.8. The van der Waals surface area contributed by atoms with Gasteiger partial charge in [0, 0.05) is 59.0 Å². The zero-order valence-corrected chi connectivity index (χ0v) is 37.8. The lowest BCUT2D eigenvalue weighted by molar-refractivity contribution is -0.121. The van der Waals surface area contributed by atoms with Crippen LogP contribution in [0.2, 0.25) is 5.02 Å². The Morgan fingerprint density at radius 2 is 1.66 bits per heavy atom. The molecule has 0 bridgehead atoms. The number of hydrogen-bond donors (Lipinski definition) is 3. The van der Waals surface area contributed by atoms with Gasteiger partial charge in [-0.1, -0.05) is 47.1 Å². The molecule has 5 rings (SSSR count). The van der Waals surface area contributed by atoms with E-state index in [1.54, 1.807) is 16.9 Å². The molecule has 334 valence electrons. The molecule has 18 nitrogen and oxygen atoms in total. The fourth-order valence-electron chi connectivity index (χ4n) is 5.78. The van der Waals surface area contributed by atoms with Gasteiger partial charge >= 0.3 is 0 Å². The quantitative estimate of drug-likeness (QED) is 0.0780. The minimum atomic E-state index is -5.27. The molecule has 0 spiro atoms. The molecular formula is C38H41BrClFN6O12S3. The first-order valence-electron chi connectivity index (χ1n) is 18.3. The SMILES string of the molecule is CN(CC(=O)NCC(S(=O)(=O)O)S(=O)(=O)O)Cc1cc(Cl)c(OCc2cccc(-c3cccc(OCc4cn(CCCF)nn4)c3)c2Br)cc1OCc1cncc(S(C)(=O)=O)c1. The molecule has 5 aromatic rings. The van der Waals surface area contributed by atoms with Gasteiger partial charge in [0.1, 0.15) is 42.8 Å². The summed E-state index contributed by atoms with van der Waals surface area (Å²) < 4.78 is 119. The average Bonchev–Trinajstić information content (AvgIpc) is 3.65. The molecule has 0 aliphatic heterocycles. The first-order chi connectivity index (χ1) is 29.2. The highest BCUT2D eigenvalue weighted by Crippen LogP contribution is 2.37. The summed E-state index contributed by atoms with van der Waals surface area (Å²) in [6.07, 6.45) is 5.74. The number of pyridine rings is 1. The number of aryl methyl sites for hydroxylation is 1. The lowest BCUT2D eigenvalue weighted by Gasteiger charge is -2.21. The molecule has 0 atom stereocenters. The van der Waals surface area contributed by atoms with Crippen LogP contribution in [0.15, 0.2) is 88.6 Å². The Bertz CT molecular complexity index is 2700. The van der Waals surface area contributed by atoms with Crippen LogP contribution in [0, 0.1) is 0 Å². The highest BCUT2D eigenvalue weighted by molar-refractivity contribution is 9.10. The fraction of sp³-hybridized carbons (Fsp3) is 0.316. The van der Waals surface area contributed by atoms with E-state index in [0.717, 1.165) is 27.4 Å². The monoisotopic (exact) mass is 1000 g/mol. The summed E-state index contributed by atoms with van der Waals surface area (Å²) in [5, 5.41) is 10.3. The first kappa shape index (κ1) is 48.3. The van der Waals surface area contributed by atoms with E-state index in [4.69, 9.17) is 25.8 Å². The van der Waals surface area contributed by atoms with Crippen LogP contribution in [0.5, 0.6) is 17.2 Å². The molecule has 0 fully saturated rings. The van der Waals surface area contributed by atoms with Gasteiger partial charge in [0.05, 0.1) is 35.9 Å². The maximum Gasteiger partial charge on any atom is 0.286 e. The van der Waals surface area contributed by atoms with Crippen LogP contribution in [0.1, 0.15) is 28.8 Å². The van der Waals surface area contributed by atoms with Crippen molar-refractivity contribution in [2.75, 3.05) is 33.1 Å². The van der Waals surface area contributed by atoms with Crippen molar-refractivity contribution in [1.29, 1.82) is 0 Å². The largest absolute Gasteiger partial charge is 0.488 e. The molecule has 0 saturated heterocycles. The maximum absolute atomic E-state index is 12.7. The zero-order chi connectivity index (χ0) is 45.2. The number of sulfone groups is 1. The standard InChI is InChI=1S/C38H41BrClFN6O12S3/c1-46(21-36(48)43-18-37(61(51,52)53)62(54,55)56)19-28-14-33(40)35(15-34(28)58-22-25-12-31(17-42-16-25)60(2,49)50)59-23-27-7-4-9-32(38(27)39)26-6-3-8-30(13-26)57-24-29-20-47(45-44-29)11-5-10-41/h3-4,6-9,12-17,20,37H,5,10-11,18-19,21-24H2,1-2H3,(H,43,48)(H,51,52,53)(H,54,55,56). The molecule has 0 aliphatic rings. The van der Waals surface area contributed by atoms with Crippen LogP contribution >= 0.6 is 27.5 Å². The minimum absolute atomic E-state index is 0.0125. The van der Waals surface area contributed by atoms with Gasteiger partial charge < -0.3 is 19.5 Å². The van der Waals surface area contributed by atoms with Gasteiger partial charge in [-0.15, -0.1) is 5.10 Å². The van der Waals surface area contributed by atoms with Gasteiger partial charge in [-0.05, 0) is 64.8 Å². The van der Waals surface area contributed by atoms with Gasteiger partial charge in [0.2, 0.25) is 10.5 Å². The van der Waals surface area contributed by atoms with Crippen LogP contribution in [0.4, 0.5) is 4.39 Å². The molecule has 0 saturated carbocycles. The van der Waals surface area contributed by atoms with E-state index < -0.39 is 60.3 Å². The summed E-state index contributed by atoms with van der Waals surface area (Å²) in [4.78, 5) is 18.1. The van der Waals surface area contributed by atoms with E-state index in [2.05, 4.69) is 36.5 Å². The third-order valence-electron chi connectivity index (χ3n) is 8.79. The molecule has 0 radical (unpaired) electrons. The Hall–Kier alpha value is -4.75. The van der Waals surface area contributed by atoms with Crippen molar-refractivity contribution in [2.24, 2.45) is 0 Å². The van der Waals surface area contributed by atoms with E-state index in [1.165, 1.54) is 36.5 Å². The smallest absolute Gasteiger partial charge is 0.286 e. The number of nitrogens with zero attached hydrogens (tertiary/aromatic N) is 5. The normalized spacial score (nSPS) is 12.1. The molecule has 3 aromatic carbocycles. The van der Waals surface area contributed by atoms with E-state index in [1.807, 2.05) is 42.5 Å². The molecule has 2 heterocycles. The van der Waals surface area contributed by atoms with Crippen LogP contribution in [0.25, 0.3) is 11.1 Å². The predicted octanol–water partition coefficient (Wildman–Crippen LogP) is 4.91. The number of benzene rings is 3. The van der Waals surface area contributed by atoms with Crippen molar-refractivity contribution in [3.63, 3.8) is 0 Å². The highest BCUT2D eigenvalue weighted by atomic mass is 79.9. The first-order valence-corrected chi connectivity index (χ1v) is 24.3. The Balaban J connectivity index is 1.32. The van der Waals surface area contributed by atoms with Gasteiger partial charge in [-0.3, -0.25) is 32.9 Å². The van der Waals surface area contributed by atoms with Crippen LogP contribution in [-0.2, 0) is 67.8 Å². The third-order valence-corrected chi connectivity index (χ3v) is 14.2. The maximum atomic E-state index is 12.7. The molecule has 3 N–H and O–H groups in total. The lowest BCUT2D eigenvalue weighted by atomic mass is 10.0. The molecule has 62 heavy (non-hydrogen) atoms. The van der Waals surface area contributed by atoms with Crippen molar-refractivity contribution >= 4 is 63.5 Å². The van der Waals surface area contributed by atoms with E-state index in [9.17, 15) is 43.5 Å². The summed E-state index contributed by atoms with van der Waals surface area (Å²) in [6, 6.07) is 17.6. The topological polar surface area (TPSA) is 247 Å². The van der Waals surface area contributed by atoms with Gasteiger partial charge in [0.25, 0.3) is 20.2 Å². The summed E-state index contributed by atoms with van der Waals surface area (Å²) in [5.74, 6) is 0.180. The minimum Gasteiger partial charge on any atom is -0.488 e. The molecule has 0 unspecified atom stereocenters. The Labute approximate surface area is 370 Å². The second kappa shape index (κ2) is 21.1. The van der Waals surface area contributed by atoms with Crippen molar-refractivity contribution in [1.82, 2.24) is 30.2 Å². The number of rotatable bonds is 22. The number of likely N-dealkylation sites (N-methyl/N-ethyl adjacent to an activating group) is 1. The molecule has 0 aliphatic carbocycles. The molecule has 1 amide bonds. The predicted molar refractivity (Wildman–Crippen MR) is 228 cm³/mol. The second-order valence-corrected chi connectivity index (χ2v) is 20.5. The van der Waals surface area contributed by atoms with Crippen LogP contribution in [-0.4, -0.2) is 103 Å². The number of hydrogen-bond acceptors (Lipinski definition) is 14. The van der Waals surface area contributed by atoms with E-state index in [0.29, 0.717) is 35.5 Å². The third kappa shape index (κ3) is 13.9. The fourth-order valence-corrected chi connectivity index (χ4v) is 9.06. The average molecular weight is 1000 g/mol. The van der Waals surface area contributed by atoms with Crippen molar-refractivity contribution in [3.8, 4) is 28.4 Å². The number of nitrogens with one attached hydrogen (secondary N) is 1. The summed E-state index contributed by atoms with van der Waals surface area (Å²) in [5.41, 5.74) is 3.88.